The zero-order valence-corrected chi connectivity index (χ0v) is 10.9. The molecule has 0 saturated heterocycles. The summed E-state index contributed by atoms with van der Waals surface area (Å²) in [5.41, 5.74) is 2.03. The first-order valence-electron chi connectivity index (χ1n) is 6.21. The van der Waals surface area contributed by atoms with E-state index in [4.69, 9.17) is 0 Å². The van der Waals surface area contributed by atoms with Gasteiger partial charge in [0.05, 0.1) is 15.9 Å². The normalized spacial score (nSPS) is 16.1. The molecule has 1 saturated carbocycles. The molecule has 0 amide bonds. The van der Waals surface area contributed by atoms with E-state index in [0.717, 1.165) is 6.07 Å². The molecule has 20 heavy (non-hydrogen) atoms. The van der Waals surface area contributed by atoms with Crippen LogP contribution in [0.15, 0.2) is 23.3 Å². The van der Waals surface area contributed by atoms with Crippen LogP contribution in [0.5, 0.6) is 0 Å². The molecular weight excluding hydrogens is 264 g/mol. The highest BCUT2D eigenvalue weighted by Gasteiger charge is 2.26. The number of benzene rings is 1. The standard InChI is InChI=1S/C12H14N4O4/c1-8(9-2-3-9)7-13-14-11-5-4-10(15(17)18)6-12(11)16(19)20/h4-9,14H,2-3H2,1H3. The summed E-state index contributed by atoms with van der Waals surface area (Å²) in [5.74, 6) is 0.965. The van der Waals surface area contributed by atoms with Crippen LogP contribution in [-0.2, 0) is 0 Å². The fourth-order valence-electron chi connectivity index (χ4n) is 1.85. The number of non-ortho nitro benzene ring substituents is 1. The minimum Gasteiger partial charge on any atom is -0.272 e. The molecule has 1 unspecified atom stereocenters. The maximum absolute atomic E-state index is 10.9. The van der Waals surface area contributed by atoms with Gasteiger partial charge in [0.2, 0.25) is 0 Å². The van der Waals surface area contributed by atoms with Crippen LogP contribution in [0.1, 0.15) is 19.8 Å². The van der Waals surface area contributed by atoms with E-state index < -0.39 is 9.85 Å². The van der Waals surface area contributed by atoms with Gasteiger partial charge in [-0.3, -0.25) is 25.7 Å². The van der Waals surface area contributed by atoms with Crippen LogP contribution < -0.4 is 5.43 Å². The predicted molar refractivity (Wildman–Crippen MR) is 73.8 cm³/mol. The highest BCUT2D eigenvalue weighted by Crippen LogP contribution is 2.35. The van der Waals surface area contributed by atoms with E-state index in [0.29, 0.717) is 11.8 Å². The molecule has 2 rings (SSSR count). The molecule has 0 aromatic heterocycles. The summed E-state index contributed by atoms with van der Waals surface area (Å²) in [6.45, 7) is 2.03. The number of nitrogens with one attached hydrogen (secondary N) is 1. The van der Waals surface area contributed by atoms with Crippen molar-refractivity contribution in [2.24, 2.45) is 16.9 Å². The SMILES string of the molecule is CC(C=NNc1ccc([N+](=O)[O-])cc1[N+](=O)[O-])C1CC1. The monoisotopic (exact) mass is 278 g/mol. The van der Waals surface area contributed by atoms with Crippen molar-refractivity contribution < 1.29 is 9.85 Å². The van der Waals surface area contributed by atoms with Gasteiger partial charge >= 0.3 is 5.69 Å². The molecule has 1 aromatic carbocycles. The first-order chi connectivity index (χ1) is 9.49. The van der Waals surface area contributed by atoms with Crippen LogP contribution in [0.25, 0.3) is 0 Å². The zero-order valence-electron chi connectivity index (χ0n) is 10.9. The zero-order chi connectivity index (χ0) is 14.7. The quantitative estimate of drug-likeness (QED) is 0.488. The Morgan fingerprint density at radius 3 is 2.60 bits per heavy atom. The molecule has 1 N–H and O–H groups in total. The van der Waals surface area contributed by atoms with Crippen LogP contribution in [0.3, 0.4) is 0 Å². The fourth-order valence-corrected chi connectivity index (χ4v) is 1.85. The molecule has 1 atom stereocenters. The predicted octanol–water partition coefficient (Wildman–Crippen LogP) is 2.95. The Hall–Kier alpha value is -2.51. The van der Waals surface area contributed by atoms with Crippen molar-refractivity contribution in [3.8, 4) is 0 Å². The Balaban J connectivity index is 2.13. The summed E-state index contributed by atoms with van der Waals surface area (Å²) in [6.07, 6.45) is 4.08. The van der Waals surface area contributed by atoms with Gasteiger partial charge in [0.15, 0.2) is 0 Å². The van der Waals surface area contributed by atoms with Crippen molar-refractivity contribution in [1.82, 2.24) is 0 Å². The lowest BCUT2D eigenvalue weighted by Crippen LogP contribution is -2.02. The van der Waals surface area contributed by atoms with E-state index in [-0.39, 0.29) is 17.1 Å². The van der Waals surface area contributed by atoms with Crippen molar-refractivity contribution in [3.05, 3.63) is 38.4 Å². The van der Waals surface area contributed by atoms with Gasteiger partial charge in [-0.15, -0.1) is 0 Å². The fraction of sp³-hybridized carbons (Fsp3) is 0.417. The number of nitro benzene ring substituents is 2. The Morgan fingerprint density at radius 2 is 2.05 bits per heavy atom. The van der Waals surface area contributed by atoms with Crippen LogP contribution in [0.4, 0.5) is 17.1 Å². The number of anilines is 1. The van der Waals surface area contributed by atoms with Crippen LogP contribution in [0, 0.1) is 32.1 Å². The summed E-state index contributed by atoms with van der Waals surface area (Å²) in [5, 5.41) is 25.5. The number of hydrogen-bond donors (Lipinski definition) is 1. The minimum atomic E-state index is -0.671. The molecule has 1 aliphatic carbocycles. The number of rotatable bonds is 6. The first-order valence-corrected chi connectivity index (χ1v) is 6.21. The van der Waals surface area contributed by atoms with Gasteiger partial charge in [0.1, 0.15) is 5.69 Å². The van der Waals surface area contributed by atoms with Crippen molar-refractivity contribution in [1.29, 1.82) is 0 Å². The molecule has 1 aromatic rings. The maximum atomic E-state index is 10.9. The second-order valence-electron chi connectivity index (χ2n) is 4.80. The van der Waals surface area contributed by atoms with Crippen molar-refractivity contribution in [2.45, 2.75) is 19.8 Å². The minimum absolute atomic E-state index is 0.139. The maximum Gasteiger partial charge on any atom is 0.301 e. The third-order valence-electron chi connectivity index (χ3n) is 3.25. The Bertz CT molecular complexity index is 569. The summed E-state index contributed by atoms with van der Waals surface area (Å²) in [4.78, 5) is 20.2. The van der Waals surface area contributed by atoms with Gasteiger partial charge in [0, 0.05) is 12.3 Å². The van der Waals surface area contributed by atoms with E-state index in [1.807, 2.05) is 6.92 Å². The molecule has 0 radical (unpaired) electrons. The number of nitrogens with zero attached hydrogens (tertiary/aromatic N) is 3. The lowest BCUT2D eigenvalue weighted by molar-refractivity contribution is -0.393. The lowest BCUT2D eigenvalue weighted by atomic mass is 10.1. The first kappa shape index (κ1) is 13.9. The van der Waals surface area contributed by atoms with E-state index in [1.165, 1.54) is 25.0 Å². The third-order valence-corrected chi connectivity index (χ3v) is 3.25. The molecule has 1 aliphatic rings. The molecule has 1 fully saturated rings. The lowest BCUT2D eigenvalue weighted by Gasteiger charge is -2.04. The Kier molecular flexibility index (Phi) is 3.92. The Morgan fingerprint density at radius 1 is 1.35 bits per heavy atom. The van der Waals surface area contributed by atoms with Gasteiger partial charge in [0.25, 0.3) is 5.69 Å². The molecule has 106 valence electrons. The molecule has 8 heteroatoms. The van der Waals surface area contributed by atoms with E-state index in [9.17, 15) is 20.2 Å². The highest BCUT2D eigenvalue weighted by atomic mass is 16.6. The molecule has 0 bridgehead atoms. The van der Waals surface area contributed by atoms with Gasteiger partial charge in [-0.2, -0.15) is 5.10 Å². The second-order valence-corrected chi connectivity index (χ2v) is 4.80. The summed E-state index contributed by atoms with van der Waals surface area (Å²) in [7, 11) is 0. The number of hydrazone groups is 1. The number of nitro groups is 2. The van der Waals surface area contributed by atoms with Crippen molar-refractivity contribution >= 4 is 23.3 Å². The van der Waals surface area contributed by atoms with Gasteiger partial charge in [-0.1, -0.05) is 6.92 Å². The smallest absolute Gasteiger partial charge is 0.272 e. The molecular formula is C12H14N4O4. The average Bonchev–Trinajstić information content (AvgIpc) is 3.22. The van der Waals surface area contributed by atoms with Gasteiger partial charge < -0.3 is 0 Å². The molecule has 0 spiro atoms. The highest BCUT2D eigenvalue weighted by molar-refractivity contribution is 5.68. The Labute approximate surface area is 114 Å². The van der Waals surface area contributed by atoms with Crippen LogP contribution in [-0.4, -0.2) is 16.1 Å². The largest absolute Gasteiger partial charge is 0.301 e. The average molecular weight is 278 g/mol. The van der Waals surface area contributed by atoms with E-state index >= 15 is 0 Å². The topological polar surface area (TPSA) is 111 Å². The van der Waals surface area contributed by atoms with Gasteiger partial charge in [-0.05, 0) is 30.7 Å². The van der Waals surface area contributed by atoms with Crippen molar-refractivity contribution in [3.63, 3.8) is 0 Å². The summed E-state index contributed by atoms with van der Waals surface area (Å²) in [6, 6.07) is 3.41. The second kappa shape index (κ2) is 5.64. The van der Waals surface area contributed by atoms with Crippen LogP contribution in [0.2, 0.25) is 0 Å². The van der Waals surface area contributed by atoms with E-state index in [2.05, 4.69) is 10.5 Å². The van der Waals surface area contributed by atoms with Crippen molar-refractivity contribution in [2.75, 3.05) is 5.43 Å². The van der Waals surface area contributed by atoms with E-state index in [1.54, 1.807) is 6.21 Å². The molecule has 0 aliphatic heterocycles. The summed E-state index contributed by atoms with van der Waals surface area (Å²) >= 11 is 0. The van der Waals surface area contributed by atoms with Gasteiger partial charge in [-0.25, -0.2) is 0 Å². The molecule has 0 heterocycles. The third kappa shape index (κ3) is 3.28. The molecule has 8 nitrogen and oxygen atoms in total. The summed E-state index contributed by atoms with van der Waals surface area (Å²) < 4.78 is 0. The van der Waals surface area contributed by atoms with Crippen LogP contribution >= 0.6 is 0 Å². The number of hydrogen-bond acceptors (Lipinski definition) is 6.